The minimum absolute atomic E-state index is 0.145. The molecular formula is C8H15N2O5P. The molecule has 0 aliphatic rings. The monoisotopic (exact) mass is 250 g/mol. The molecule has 0 aromatic heterocycles. The SMILES string of the molecule is COP(=O)(CN(CCC#N)CC(=O)O)OC. The highest BCUT2D eigenvalue weighted by atomic mass is 31.2. The van der Waals surface area contributed by atoms with E-state index in [2.05, 4.69) is 0 Å². The first kappa shape index (κ1) is 15.1. The molecule has 16 heavy (non-hydrogen) atoms. The van der Waals surface area contributed by atoms with E-state index in [1.165, 1.54) is 19.1 Å². The van der Waals surface area contributed by atoms with Crippen molar-refractivity contribution in [3.05, 3.63) is 0 Å². The Labute approximate surface area is 94.1 Å². The van der Waals surface area contributed by atoms with Gasteiger partial charge in [-0.2, -0.15) is 5.26 Å². The Kier molecular flexibility index (Phi) is 6.93. The Morgan fingerprint density at radius 1 is 1.50 bits per heavy atom. The van der Waals surface area contributed by atoms with Crippen LogP contribution in [0.2, 0.25) is 0 Å². The molecule has 0 radical (unpaired) electrons. The van der Waals surface area contributed by atoms with Gasteiger partial charge in [0.15, 0.2) is 0 Å². The van der Waals surface area contributed by atoms with Crippen molar-refractivity contribution in [2.75, 3.05) is 33.6 Å². The molecule has 8 heteroatoms. The van der Waals surface area contributed by atoms with Crippen LogP contribution in [0.4, 0.5) is 0 Å². The lowest BCUT2D eigenvalue weighted by molar-refractivity contribution is -0.138. The lowest BCUT2D eigenvalue weighted by Crippen LogP contribution is -2.32. The Bertz CT molecular complexity index is 306. The second-order valence-electron chi connectivity index (χ2n) is 2.97. The number of aliphatic carboxylic acids is 1. The number of carboxylic acids is 1. The van der Waals surface area contributed by atoms with Gasteiger partial charge < -0.3 is 14.2 Å². The first-order valence-electron chi connectivity index (χ1n) is 4.49. The lowest BCUT2D eigenvalue weighted by Gasteiger charge is -2.22. The molecule has 0 aliphatic carbocycles. The van der Waals surface area contributed by atoms with Gasteiger partial charge in [-0.15, -0.1) is 0 Å². The predicted octanol–water partition coefficient (Wildman–Crippen LogP) is 0.730. The largest absolute Gasteiger partial charge is 0.480 e. The molecule has 92 valence electrons. The van der Waals surface area contributed by atoms with Crippen molar-refractivity contribution < 1.29 is 23.5 Å². The molecule has 0 amide bonds. The van der Waals surface area contributed by atoms with Crippen LogP contribution in [-0.4, -0.2) is 49.6 Å². The van der Waals surface area contributed by atoms with Gasteiger partial charge in [0.05, 0.1) is 12.6 Å². The maximum atomic E-state index is 11.7. The van der Waals surface area contributed by atoms with Crippen molar-refractivity contribution in [3.8, 4) is 6.07 Å². The number of hydrogen-bond donors (Lipinski definition) is 1. The van der Waals surface area contributed by atoms with Crippen LogP contribution >= 0.6 is 7.60 Å². The van der Waals surface area contributed by atoms with Crippen LogP contribution < -0.4 is 0 Å². The molecule has 1 N–H and O–H groups in total. The molecule has 0 rings (SSSR count). The van der Waals surface area contributed by atoms with Gasteiger partial charge >= 0.3 is 13.6 Å². The minimum atomic E-state index is -3.28. The molecule has 7 nitrogen and oxygen atoms in total. The van der Waals surface area contributed by atoms with Gasteiger partial charge in [0.1, 0.15) is 6.29 Å². The standard InChI is InChI=1S/C8H15N2O5P/c1-14-16(13,15-2)7-10(5-3-4-9)6-8(11)12/h3,5-7H2,1-2H3,(H,11,12). The van der Waals surface area contributed by atoms with Crippen LogP contribution in [0.15, 0.2) is 0 Å². The van der Waals surface area contributed by atoms with Crippen LogP contribution in [0.3, 0.4) is 0 Å². The van der Waals surface area contributed by atoms with Crippen molar-refractivity contribution in [2.24, 2.45) is 0 Å². The number of carboxylic acid groups (broad SMARTS) is 1. The van der Waals surface area contributed by atoms with Crippen LogP contribution in [0, 0.1) is 11.3 Å². The van der Waals surface area contributed by atoms with Crippen molar-refractivity contribution in [3.63, 3.8) is 0 Å². The Morgan fingerprint density at radius 3 is 2.44 bits per heavy atom. The van der Waals surface area contributed by atoms with Crippen molar-refractivity contribution >= 4 is 13.6 Å². The summed E-state index contributed by atoms with van der Waals surface area (Å²) in [6, 6.07) is 1.89. The molecule has 0 aromatic rings. The van der Waals surface area contributed by atoms with Gasteiger partial charge in [-0.05, 0) is 0 Å². The van der Waals surface area contributed by atoms with Gasteiger partial charge in [0, 0.05) is 27.2 Å². The van der Waals surface area contributed by atoms with Crippen molar-refractivity contribution in [1.82, 2.24) is 4.90 Å². The highest BCUT2D eigenvalue weighted by Crippen LogP contribution is 2.46. The number of rotatable bonds is 8. The van der Waals surface area contributed by atoms with Crippen molar-refractivity contribution in [2.45, 2.75) is 6.42 Å². The summed E-state index contributed by atoms with van der Waals surface area (Å²) in [5, 5.41) is 17.0. The summed E-state index contributed by atoms with van der Waals surface area (Å²) < 4.78 is 21.1. The summed E-state index contributed by atoms with van der Waals surface area (Å²) in [6.07, 6.45) is 0.00862. The van der Waals surface area contributed by atoms with E-state index in [9.17, 15) is 9.36 Å². The zero-order valence-electron chi connectivity index (χ0n) is 9.25. The third-order valence-corrected chi connectivity index (χ3v) is 3.69. The van der Waals surface area contributed by atoms with Gasteiger partial charge in [-0.1, -0.05) is 0 Å². The summed E-state index contributed by atoms with van der Waals surface area (Å²) in [4.78, 5) is 11.9. The van der Waals surface area contributed by atoms with E-state index in [0.29, 0.717) is 0 Å². The quantitative estimate of drug-likeness (QED) is 0.634. The highest BCUT2D eigenvalue weighted by molar-refractivity contribution is 7.53. The summed E-state index contributed by atoms with van der Waals surface area (Å²) in [6.45, 7) is -0.0993. The van der Waals surface area contributed by atoms with Crippen LogP contribution in [0.1, 0.15) is 6.42 Å². The molecule has 0 aromatic carbocycles. The molecule has 0 spiro atoms. The summed E-state index contributed by atoms with van der Waals surface area (Å²) >= 11 is 0. The Morgan fingerprint density at radius 2 is 2.06 bits per heavy atom. The highest BCUT2D eigenvalue weighted by Gasteiger charge is 2.26. The average molecular weight is 250 g/mol. The van der Waals surface area contributed by atoms with E-state index in [1.807, 2.05) is 6.07 Å². The van der Waals surface area contributed by atoms with E-state index in [-0.39, 0.29) is 25.8 Å². The Hall–Kier alpha value is -0.930. The van der Waals surface area contributed by atoms with Gasteiger partial charge in [0.2, 0.25) is 0 Å². The van der Waals surface area contributed by atoms with E-state index >= 15 is 0 Å². The number of hydrogen-bond acceptors (Lipinski definition) is 6. The molecular weight excluding hydrogens is 235 g/mol. The molecule has 0 unspecified atom stereocenters. The van der Waals surface area contributed by atoms with Gasteiger partial charge in [-0.25, -0.2) is 0 Å². The second-order valence-corrected chi connectivity index (χ2v) is 5.21. The zero-order chi connectivity index (χ0) is 12.6. The smallest absolute Gasteiger partial charge is 0.344 e. The zero-order valence-corrected chi connectivity index (χ0v) is 10.1. The lowest BCUT2D eigenvalue weighted by atomic mass is 10.4. The fourth-order valence-corrected chi connectivity index (χ4v) is 2.15. The topological polar surface area (TPSA) is 99.9 Å². The summed E-state index contributed by atoms with van der Waals surface area (Å²) in [7, 11) is -0.821. The summed E-state index contributed by atoms with van der Waals surface area (Å²) in [5.74, 6) is -1.06. The first-order chi connectivity index (χ1) is 7.47. The molecule has 0 heterocycles. The number of carbonyl (C=O) groups is 1. The maximum absolute atomic E-state index is 11.7. The van der Waals surface area contributed by atoms with Crippen LogP contribution in [-0.2, 0) is 18.4 Å². The first-order valence-corrected chi connectivity index (χ1v) is 6.22. The third-order valence-electron chi connectivity index (χ3n) is 1.83. The maximum Gasteiger partial charge on any atom is 0.344 e. The Balaban J connectivity index is 4.46. The predicted molar refractivity (Wildman–Crippen MR) is 55.9 cm³/mol. The fraction of sp³-hybridized carbons (Fsp3) is 0.750. The van der Waals surface area contributed by atoms with Crippen molar-refractivity contribution in [1.29, 1.82) is 5.26 Å². The van der Waals surface area contributed by atoms with Gasteiger partial charge in [0.25, 0.3) is 0 Å². The molecule has 0 aliphatic heterocycles. The van der Waals surface area contributed by atoms with Crippen LogP contribution in [0.25, 0.3) is 0 Å². The average Bonchev–Trinajstić information content (AvgIpc) is 2.25. The molecule has 0 fully saturated rings. The molecule has 0 atom stereocenters. The summed E-state index contributed by atoms with van der Waals surface area (Å²) in [5.41, 5.74) is 0. The van der Waals surface area contributed by atoms with Gasteiger partial charge in [-0.3, -0.25) is 14.3 Å². The minimum Gasteiger partial charge on any atom is -0.480 e. The van der Waals surface area contributed by atoms with E-state index < -0.39 is 13.6 Å². The third kappa shape index (κ3) is 5.83. The van der Waals surface area contributed by atoms with Crippen LogP contribution in [0.5, 0.6) is 0 Å². The van der Waals surface area contributed by atoms with E-state index in [4.69, 9.17) is 19.4 Å². The van der Waals surface area contributed by atoms with E-state index in [1.54, 1.807) is 0 Å². The number of nitriles is 1. The molecule has 0 bridgehead atoms. The second kappa shape index (κ2) is 7.36. The van der Waals surface area contributed by atoms with E-state index in [0.717, 1.165) is 0 Å². The molecule has 0 saturated carbocycles. The number of nitrogens with zero attached hydrogens (tertiary/aromatic N) is 2. The molecule has 0 saturated heterocycles. The fourth-order valence-electron chi connectivity index (χ4n) is 1.03. The normalized spacial score (nSPS) is 11.4.